The molecule has 0 aliphatic carbocycles. The first-order chi connectivity index (χ1) is 8.61. The fraction of sp³-hybridized carbons (Fsp3) is 0.250. The number of halogens is 1. The Hall–Kier alpha value is -2.24. The van der Waals surface area contributed by atoms with Gasteiger partial charge in [-0.2, -0.15) is 0 Å². The minimum Gasteiger partial charge on any atom is -0.461 e. The number of carbonyl (C=O) groups excluding carboxylic acids is 1. The standard InChI is InChI=1S/C12H12FN3O2/c1-3-18-12(17)10-7-16(15-14-10)11-5-4-9(13)6-8(11)2/h4-7H,3H2,1-2H3. The number of esters is 1. The van der Waals surface area contributed by atoms with Crippen LogP contribution < -0.4 is 0 Å². The van der Waals surface area contributed by atoms with Crippen molar-refractivity contribution in [1.29, 1.82) is 0 Å². The molecule has 0 aliphatic heterocycles. The summed E-state index contributed by atoms with van der Waals surface area (Å²) < 4.78 is 19.2. The molecule has 6 heteroatoms. The van der Waals surface area contributed by atoms with Gasteiger partial charge in [-0.15, -0.1) is 5.10 Å². The molecular formula is C12H12FN3O2. The summed E-state index contributed by atoms with van der Waals surface area (Å²) in [5, 5.41) is 7.54. The van der Waals surface area contributed by atoms with Gasteiger partial charge in [-0.1, -0.05) is 5.21 Å². The Balaban J connectivity index is 2.32. The molecule has 18 heavy (non-hydrogen) atoms. The lowest BCUT2D eigenvalue weighted by molar-refractivity contribution is 0.0519. The summed E-state index contributed by atoms with van der Waals surface area (Å²) in [7, 11) is 0. The molecule has 94 valence electrons. The monoisotopic (exact) mass is 249 g/mol. The van der Waals surface area contributed by atoms with Gasteiger partial charge in [-0.3, -0.25) is 0 Å². The molecule has 2 rings (SSSR count). The maximum atomic E-state index is 13.0. The van der Waals surface area contributed by atoms with Crippen LogP contribution in [0.4, 0.5) is 4.39 Å². The van der Waals surface area contributed by atoms with Crippen molar-refractivity contribution in [3.63, 3.8) is 0 Å². The molecule has 0 radical (unpaired) electrons. The van der Waals surface area contributed by atoms with Crippen LogP contribution in [0.5, 0.6) is 0 Å². The third kappa shape index (κ3) is 2.37. The Labute approximate surface area is 103 Å². The van der Waals surface area contributed by atoms with Crippen LogP contribution in [0.15, 0.2) is 24.4 Å². The van der Waals surface area contributed by atoms with Gasteiger partial charge < -0.3 is 4.74 Å². The van der Waals surface area contributed by atoms with Crippen molar-refractivity contribution in [2.75, 3.05) is 6.61 Å². The van der Waals surface area contributed by atoms with Gasteiger partial charge in [0, 0.05) is 0 Å². The van der Waals surface area contributed by atoms with E-state index >= 15 is 0 Å². The molecule has 2 aromatic rings. The van der Waals surface area contributed by atoms with Gasteiger partial charge in [0.1, 0.15) is 5.82 Å². The van der Waals surface area contributed by atoms with Gasteiger partial charge in [0.05, 0.1) is 18.5 Å². The zero-order valence-electron chi connectivity index (χ0n) is 10.1. The maximum Gasteiger partial charge on any atom is 0.360 e. The Morgan fingerprint density at radius 2 is 2.28 bits per heavy atom. The average molecular weight is 249 g/mol. The van der Waals surface area contributed by atoms with Crippen molar-refractivity contribution in [1.82, 2.24) is 15.0 Å². The number of aryl methyl sites for hydroxylation is 1. The van der Waals surface area contributed by atoms with E-state index in [1.165, 1.54) is 23.0 Å². The molecule has 1 aromatic heterocycles. The summed E-state index contributed by atoms with van der Waals surface area (Å²) in [6.45, 7) is 3.75. The Bertz CT molecular complexity index is 580. The van der Waals surface area contributed by atoms with Gasteiger partial charge in [0.15, 0.2) is 5.69 Å². The summed E-state index contributed by atoms with van der Waals surface area (Å²) in [6.07, 6.45) is 1.46. The molecule has 0 saturated heterocycles. The minimum atomic E-state index is -0.525. The topological polar surface area (TPSA) is 57.0 Å². The van der Waals surface area contributed by atoms with Crippen LogP contribution in [0, 0.1) is 12.7 Å². The van der Waals surface area contributed by atoms with Crippen LogP contribution in [0.2, 0.25) is 0 Å². The molecule has 1 heterocycles. The first-order valence-electron chi connectivity index (χ1n) is 5.48. The van der Waals surface area contributed by atoms with Crippen molar-refractivity contribution in [3.05, 3.63) is 41.5 Å². The molecule has 0 unspecified atom stereocenters. The van der Waals surface area contributed by atoms with E-state index < -0.39 is 5.97 Å². The van der Waals surface area contributed by atoms with E-state index in [1.807, 2.05) is 0 Å². The number of nitrogens with zero attached hydrogens (tertiary/aromatic N) is 3. The summed E-state index contributed by atoms with van der Waals surface area (Å²) in [5.74, 6) is -0.842. The molecular weight excluding hydrogens is 237 g/mol. The number of hydrogen-bond donors (Lipinski definition) is 0. The zero-order valence-corrected chi connectivity index (χ0v) is 10.1. The normalized spacial score (nSPS) is 10.4. The zero-order chi connectivity index (χ0) is 13.1. The number of carbonyl (C=O) groups is 1. The molecule has 0 atom stereocenters. The van der Waals surface area contributed by atoms with E-state index in [0.29, 0.717) is 11.3 Å². The van der Waals surface area contributed by atoms with E-state index in [4.69, 9.17) is 4.74 Å². The number of hydrogen-bond acceptors (Lipinski definition) is 4. The Kier molecular flexibility index (Phi) is 3.36. The molecule has 0 spiro atoms. The largest absolute Gasteiger partial charge is 0.461 e. The number of aromatic nitrogens is 3. The van der Waals surface area contributed by atoms with Crippen LogP contribution in [-0.4, -0.2) is 27.6 Å². The number of ether oxygens (including phenoxy) is 1. The molecule has 0 N–H and O–H groups in total. The lowest BCUT2D eigenvalue weighted by Gasteiger charge is -2.03. The molecule has 0 fully saturated rings. The maximum absolute atomic E-state index is 13.0. The molecule has 0 bridgehead atoms. The van der Waals surface area contributed by atoms with Crippen LogP contribution in [0.25, 0.3) is 5.69 Å². The lowest BCUT2D eigenvalue weighted by Crippen LogP contribution is -2.04. The second-order valence-electron chi connectivity index (χ2n) is 3.70. The van der Waals surface area contributed by atoms with Crippen molar-refractivity contribution in [2.45, 2.75) is 13.8 Å². The second-order valence-corrected chi connectivity index (χ2v) is 3.70. The third-order valence-corrected chi connectivity index (χ3v) is 2.38. The first-order valence-corrected chi connectivity index (χ1v) is 5.48. The van der Waals surface area contributed by atoms with Crippen LogP contribution in [0.3, 0.4) is 0 Å². The van der Waals surface area contributed by atoms with Gasteiger partial charge in [-0.25, -0.2) is 13.9 Å². The van der Waals surface area contributed by atoms with Crippen molar-refractivity contribution < 1.29 is 13.9 Å². The van der Waals surface area contributed by atoms with Crippen molar-refractivity contribution >= 4 is 5.97 Å². The molecule has 0 aliphatic rings. The summed E-state index contributed by atoms with van der Waals surface area (Å²) >= 11 is 0. The summed E-state index contributed by atoms with van der Waals surface area (Å²) in [6, 6.07) is 4.30. The molecule has 1 aromatic carbocycles. The van der Waals surface area contributed by atoms with Gasteiger partial charge >= 0.3 is 5.97 Å². The quantitative estimate of drug-likeness (QED) is 0.779. The Morgan fingerprint density at radius 1 is 1.50 bits per heavy atom. The van der Waals surface area contributed by atoms with Crippen molar-refractivity contribution in [3.8, 4) is 5.69 Å². The van der Waals surface area contributed by atoms with Crippen LogP contribution in [0.1, 0.15) is 23.0 Å². The number of rotatable bonds is 3. The van der Waals surface area contributed by atoms with Crippen molar-refractivity contribution in [2.24, 2.45) is 0 Å². The molecule has 0 amide bonds. The first kappa shape index (κ1) is 12.2. The predicted octanol–water partition coefficient (Wildman–Crippen LogP) is 1.89. The highest BCUT2D eigenvalue weighted by molar-refractivity contribution is 5.86. The second kappa shape index (κ2) is 4.95. The smallest absolute Gasteiger partial charge is 0.360 e. The van der Waals surface area contributed by atoms with E-state index in [-0.39, 0.29) is 18.1 Å². The highest BCUT2D eigenvalue weighted by atomic mass is 19.1. The van der Waals surface area contributed by atoms with Gasteiger partial charge in [0.25, 0.3) is 0 Å². The van der Waals surface area contributed by atoms with Crippen LogP contribution in [-0.2, 0) is 4.74 Å². The fourth-order valence-electron chi connectivity index (χ4n) is 1.56. The molecule has 0 saturated carbocycles. The van der Waals surface area contributed by atoms with E-state index in [1.54, 1.807) is 19.9 Å². The summed E-state index contributed by atoms with van der Waals surface area (Å²) in [5.41, 5.74) is 1.50. The van der Waals surface area contributed by atoms with Crippen LogP contribution >= 0.6 is 0 Å². The average Bonchev–Trinajstić information content (AvgIpc) is 2.78. The predicted molar refractivity (Wildman–Crippen MR) is 62.0 cm³/mol. The SMILES string of the molecule is CCOC(=O)c1cn(-c2ccc(F)cc2C)nn1. The summed E-state index contributed by atoms with van der Waals surface area (Å²) in [4.78, 5) is 11.4. The van der Waals surface area contributed by atoms with Gasteiger partial charge in [-0.05, 0) is 37.6 Å². The van der Waals surface area contributed by atoms with E-state index in [2.05, 4.69) is 10.3 Å². The lowest BCUT2D eigenvalue weighted by atomic mass is 10.2. The molecule has 5 nitrogen and oxygen atoms in total. The van der Waals surface area contributed by atoms with E-state index in [9.17, 15) is 9.18 Å². The highest BCUT2D eigenvalue weighted by Crippen LogP contribution is 2.14. The minimum absolute atomic E-state index is 0.126. The third-order valence-electron chi connectivity index (χ3n) is 2.38. The fourth-order valence-corrected chi connectivity index (χ4v) is 1.56. The van der Waals surface area contributed by atoms with E-state index in [0.717, 1.165) is 0 Å². The number of benzene rings is 1. The van der Waals surface area contributed by atoms with Gasteiger partial charge in [0.2, 0.25) is 0 Å². The Morgan fingerprint density at radius 3 is 2.94 bits per heavy atom. The highest BCUT2D eigenvalue weighted by Gasteiger charge is 2.13.